The second kappa shape index (κ2) is 3.13. The Kier molecular flexibility index (Phi) is 2.39. The molecule has 0 spiro atoms. The quantitative estimate of drug-likeness (QED) is 0.616. The van der Waals surface area contributed by atoms with Gasteiger partial charge in [-0.05, 0) is 25.5 Å². The van der Waals surface area contributed by atoms with Crippen LogP contribution in [-0.2, 0) is 0 Å². The lowest BCUT2D eigenvalue weighted by Crippen LogP contribution is -2.12. The summed E-state index contributed by atoms with van der Waals surface area (Å²) < 4.78 is 0. The van der Waals surface area contributed by atoms with Crippen molar-refractivity contribution in [2.24, 2.45) is 0 Å². The fourth-order valence-electron chi connectivity index (χ4n) is 0.926. The molecule has 1 rings (SSSR count). The molecule has 1 aromatic heterocycles. The summed E-state index contributed by atoms with van der Waals surface area (Å²) in [5.74, 6) is 0. The monoisotopic (exact) mass is 169 g/mol. The number of aromatic amines is 1. The van der Waals surface area contributed by atoms with Gasteiger partial charge in [0.15, 0.2) is 0 Å². The minimum Gasteiger partial charge on any atom is -0.329 e. The smallest absolute Gasteiger partial charge is 0.252 e. The molecule has 11 heavy (non-hydrogen) atoms. The second-order valence-electron chi connectivity index (χ2n) is 2.64. The highest BCUT2D eigenvalue weighted by atomic mass is 32.1. The molecule has 1 unspecified atom stereocenters. The van der Waals surface area contributed by atoms with E-state index in [0.29, 0.717) is 0 Å². The van der Waals surface area contributed by atoms with Crippen molar-refractivity contribution < 1.29 is 0 Å². The highest BCUT2D eigenvalue weighted by molar-refractivity contribution is 7.80. The van der Waals surface area contributed by atoms with E-state index in [9.17, 15) is 4.79 Å². The first-order chi connectivity index (χ1) is 5.11. The molecule has 0 saturated heterocycles. The van der Waals surface area contributed by atoms with Crippen molar-refractivity contribution in [1.82, 2.24) is 4.98 Å². The van der Waals surface area contributed by atoms with E-state index in [2.05, 4.69) is 17.6 Å². The maximum absolute atomic E-state index is 11.1. The standard InChI is InChI=1S/C8H11NOS/c1-5-3-7(6(2)11)8(10)9-4-5/h3-4,6,11H,1-2H3,(H,9,10). The number of nitrogens with one attached hydrogen (secondary N) is 1. The Morgan fingerprint density at radius 2 is 2.27 bits per heavy atom. The van der Waals surface area contributed by atoms with Gasteiger partial charge in [0.05, 0.1) is 0 Å². The highest BCUT2D eigenvalue weighted by Gasteiger charge is 2.03. The Labute approximate surface area is 71.1 Å². The van der Waals surface area contributed by atoms with Gasteiger partial charge in [-0.15, -0.1) is 0 Å². The summed E-state index contributed by atoms with van der Waals surface area (Å²) in [7, 11) is 0. The molecule has 0 aliphatic carbocycles. The van der Waals surface area contributed by atoms with Crippen LogP contribution in [0.2, 0.25) is 0 Å². The van der Waals surface area contributed by atoms with E-state index in [1.54, 1.807) is 6.20 Å². The molecular formula is C8H11NOS. The summed E-state index contributed by atoms with van der Waals surface area (Å²) in [5, 5.41) is -0.00125. The molecule has 1 N–H and O–H groups in total. The van der Waals surface area contributed by atoms with Gasteiger partial charge in [0.1, 0.15) is 0 Å². The summed E-state index contributed by atoms with van der Waals surface area (Å²) in [4.78, 5) is 13.8. The van der Waals surface area contributed by atoms with Gasteiger partial charge in [0.2, 0.25) is 0 Å². The molecule has 1 heterocycles. The lowest BCUT2D eigenvalue weighted by molar-refractivity contribution is 1.03. The Bertz CT molecular complexity index is 303. The number of aromatic nitrogens is 1. The molecule has 0 amide bonds. The van der Waals surface area contributed by atoms with E-state index in [1.807, 2.05) is 19.9 Å². The Morgan fingerprint density at radius 3 is 2.73 bits per heavy atom. The van der Waals surface area contributed by atoms with Crippen molar-refractivity contribution in [1.29, 1.82) is 0 Å². The zero-order valence-electron chi connectivity index (χ0n) is 6.59. The van der Waals surface area contributed by atoms with Gasteiger partial charge >= 0.3 is 0 Å². The molecule has 0 aromatic carbocycles. The first-order valence-electron chi connectivity index (χ1n) is 3.48. The maximum atomic E-state index is 11.1. The van der Waals surface area contributed by atoms with Crippen LogP contribution in [0.3, 0.4) is 0 Å². The van der Waals surface area contributed by atoms with Gasteiger partial charge in [-0.25, -0.2) is 0 Å². The molecule has 0 aliphatic rings. The number of H-pyrrole nitrogens is 1. The lowest BCUT2D eigenvalue weighted by atomic mass is 10.2. The van der Waals surface area contributed by atoms with Crippen molar-refractivity contribution >= 4 is 12.6 Å². The Balaban J connectivity index is 3.24. The molecule has 0 bridgehead atoms. The topological polar surface area (TPSA) is 32.9 Å². The van der Waals surface area contributed by atoms with Crippen molar-refractivity contribution in [2.75, 3.05) is 0 Å². The van der Waals surface area contributed by atoms with E-state index in [4.69, 9.17) is 0 Å². The van der Waals surface area contributed by atoms with E-state index in [0.717, 1.165) is 11.1 Å². The molecule has 0 radical (unpaired) electrons. The lowest BCUT2D eigenvalue weighted by Gasteiger charge is -2.02. The van der Waals surface area contributed by atoms with Gasteiger partial charge in [-0.3, -0.25) is 4.79 Å². The van der Waals surface area contributed by atoms with E-state index in [-0.39, 0.29) is 10.8 Å². The molecule has 3 heteroatoms. The third-order valence-corrected chi connectivity index (χ3v) is 1.80. The number of pyridine rings is 1. The van der Waals surface area contributed by atoms with Crippen LogP contribution in [0.4, 0.5) is 0 Å². The van der Waals surface area contributed by atoms with Crippen molar-refractivity contribution in [3.63, 3.8) is 0 Å². The van der Waals surface area contributed by atoms with Crippen LogP contribution in [-0.4, -0.2) is 4.98 Å². The number of aryl methyl sites for hydroxylation is 1. The largest absolute Gasteiger partial charge is 0.329 e. The van der Waals surface area contributed by atoms with Gasteiger partial charge in [-0.2, -0.15) is 12.6 Å². The van der Waals surface area contributed by atoms with Crippen LogP contribution in [0.1, 0.15) is 23.3 Å². The van der Waals surface area contributed by atoms with Gasteiger partial charge in [0, 0.05) is 17.0 Å². The summed E-state index contributed by atoms with van der Waals surface area (Å²) in [6, 6.07) is 1.86. The van der Waals surface area contributed by atoms with Gasteiger partial charge in [0.25, 0.3) is 5.56 Å². The predicted molar refractivity (Wildman–Crippen MR) is 49.2 cm³/mol. The highest BCUT2D eigenvalue weighted by Crippen LogP contribution is 2.14. The van der Waals surface area contributed by atoms with E-state index >= 15 is 0 Å². The number of rotatable bonds is 1. The molecule has 0 fully saturated rings. The van der Waals surface area contributed by atoms with Crippen LogP contribution >= 0.6 is 12.6 Å². The minimum absolute atomic E-state index is 0.00125. The zero-order chi connectivity index (χ0) is 8.43. The Morgan fingerprint density at radius 1 is 1.64 bits per heavy atom. The molecule has 60 valence electrons. The van der Waals surface area contributed by atoms with Crippen LogP contribution in [0.25, 0.3) is 0 Å². The normalized spacial score (nSPS) is 13.0. The molecule has 1 atom stereocenters. The predicted octanol–water partition coefficient (Wildman–Crippen LogP) is 1.67. The molecular weight excluding hydrogens is 158 g/mol. The number of hydrogen-bond donors (Lipinski definition) is 2. The van der Waals surface area contributed by atoms with Crippen molar-refractivity contribution in [2.45, 2.75) is 19.1 Å². The Hall–Kier alpha value is -0.700. The first-order valence-corrected chi connectivity index (χ1v) is 4.00. The zero-order valence-corrected chi connectivity index (χ0v) is 7.48. The SMILES string of the molecule is Cc1c[nH]c(=O)c(C(C)S)c1. The molecule has 2 nitrogen and oxygen atoms in total. The third kappa shape index (κ3) is 1.87. The van der Waals surface area contributed by atoms with Crippen LogP contribution < -0.4 is 5.56 Å². The fourth-order valence-corrected chi connectivity index (χ4v) is 1.12. The van der Waals surface area contributed by atoms with Gasteiger partial charge in [-0.1, -0.05) is 0 Å². The fraction of sp³-hybridized carbons (Fsp3) is 0.375. The summed E-state index contributed by atoms with van der Waals surface area (Å²) in [6.45, 7) is 3.82. The summed E-state index contributed by atoms with van der Waals surface area (Å²) in [5.41, 5.74) is 1.74. The molecule has 0 saturated carbocycles. The van der Waals surface area contributed by atoms with Crippen LogP contribution in [0.15, 0.2) is 17.1 Å². The van der Waals surface area contributed by atoms with Crippen molar-refractivity contribution in [3.8, 4) is 0 Å². The maximum Gasteiger partial charge on any atom is 0.252 e. The summed E-state index contributed by atoms with van der Waals surface area (Å²) in [6.07, 6.45) is 1.70. The average molecular weight is 169 g/mol. The van der Waals surface area contributed by atoms with Crippen LogP contribution in [0, 0.1) is 6.92 Å². The first kappa shape index (κ1) is 8.40. The second-order valence-corrected chi connectivity index (χ2v) is 3.41. The van der Waals surface area contributed by atoms with Crippen LogP contribution in [0.5, 0.6) is 0 Å². The number of hydrogen-bond acceptors (Lipinski definition) is 2. The van der Waals surface area contributed by atoms with E-state index < -0.39 is 0 Å². The number of thiol groups is 1. The molecule has 1 aromatic rings. The average Bonchev–Trinajstić information content (AvgIpc) is 1.94. The van der Waals surface area contributed by atoms with Crippen molar-refractivity contribution in [3.05, 3.63) is 33.7 Å². The van der Waals surface area contributed by atoms with Gasteiger partial charge < -0.3 is 4.98 Å². The minimum atomic E-state index is -0.0434. The summed E-state index contributed by atoms with van der Waals surface area (Å²) >= 11 is 4.18. The van der Waals surface area contributed by atoms with E-state index in [1.165, 1.54) is 0 Å². The molecule has 0 aliphatic heterocycles. The third-order valence-electron chi connectivity index (χ3n) is 1.53.